The number of rotatable bonds is 4. The van der Waals surface area contributed by atoms with Gasteiger partial charge in [0, 0.05) is 25.4 Å². The van der Waals surface area contributed by atoms with Gasteiger partial charge in [-0.1, -0.05) is 0 Å². The van der Waals surface area contributed by atoms with Crippen molar-refractivity contribution >= 4 is 41.7 Å². The van der Waals surface area contributed by atoms with E-state index in [4.69, 9.17) is 9.73 Å². The predicted molar refractivity (Wildman–Crippen MR) is 114 cm³/mol. The lowest BCUT2D eigenvalue weighted by Gasteiger charge is -2.37. The van der Waals surface area contributed by atoms with E-state index in [0.717, 1.165) is 56.4 Å². The van der Waals surface area contributed by atoms with Crippen molar-refractivity contribution in [1.29, 1.82) is 0 Å². The lowest BCUT2D eigenvalue weighted by Crippen LogP contribution is -2.48. The van der Waals surface area contributed by atoms with Crippen LogP contribution in [0.4, 0.5) is 0 Å². The number of nitrogens with zero attached hydrogens (tertiary/aromatic N) is 2. The van der Waals surface area contributed by atoms with E-state index < -0.39 is 5.60 Å². The van der Waals surface area contributed by atoms with Crippen molar-refractivity contribution in [3.05, 3.63) is 0 Å². The number of hydrogen-bond acceptors (Lipinski definition) is 4. The van der Waals surface area contributed by atoms with Gasteiger partial charge in [0.15, 0.2) is 5.96 Å². The zero-order valence-corrected chi connectivity index (χ0v) is 18.7. The fraction of sp³-hybridized carbons (Fsp3) is 0.941. The Kier molecular flexibility index (Phi) is 9.14. The normalized spacial score (nSPS) is 26.4. The van der Waals surface area contributed by atoms with Gasteiger partial charge in [-0.05, 0) is 52.7 Å². The van der Waals surface area contributed by atoms with Crippen LogP contribution in [0.2, 0.25) is 0 Å². The van der Waals surface area contributed by atoms with Crippen molar-refractivity contribution in [2.75, 3.05) is 37.7 Å². The summed E-state index contributed by atoms with van der Waals surface area (Å²) in [7, 11) is 0. The SMILES string of the molecule is CCNC(=NCC1(O)CCSC1)N1CCC(OC(C)(C)C)CC1.I. The number of aliphatic hydroxyl groups is 1. The van der Waals surface area contributed by atoms with Crippen LogP contribution in [0.15, 0.2) is 4.99 Å². The highest BCUT2D eigenvalue weighted by atomic mass is 127. The van der Waals surface area contributed by atoms with Gasteiger partial charge in [-0.15, -0.1) is 24.0 Å². The first-order valence-corrected chi connectivity index (χ1v) is 9.98. The molecule has 0 aliphatic carbocycles. The van der Waals surface area contributed by atoms with E-state index >= 15 is 0 Å². The van der Waals surface area contributed by atoms with Crippen molar-refractivity contribution in [1.82, 2.24) is 10.2 Å². The minimum absolute atomic E-state index is 0. The molecule has 2 aliphatic rings. The summed E-state index contributed by atoms with van der Waals surface area (Å²) in [6.07, 6.45) is 3.25. The summed E-state index contributed by atoms with van der Waals surface area (Å²) in [5, 5.41) is 13.9. The first kappa shape index (κ1) is 22.3. The first-order chi connectivity index (χ1) is 10.8. The van der Waals surface area contributed by atoms with Gasteiger partial charge in [-0.3, -0.25) is 4.99 Å². The van der Waals surface area contributed by atoms with E-state index in [0.29, 0.717) is 12.6 Å². The number of aliphatic imine (C=N–C) groups is 1. The van der Waals surface area contributed by atoms with Crippen molar-refractivity contribution in [3.8, 4) is 0 Å². The third-order valence-electron chi connectivity index (χ3n) is 4.20. The highest BCUT2D eigenvalue weighted by Gasteiger charge is 2.32. The third-order valence-corrected chi connectivity index (χ3v) is 5.44. The van der Waals surface area contributed by atoms with Crippen molar-refractivity contribution in [2.45, 2.75) is 64.3 Å². The second kappa shape index (κ2) is 9.83. The number of guanidine groups is 1. The maximum atomic E-state index is 10.5. The quantitative estimate of drug-likeness (QED) is 0.375. The van der Waals surface area contributed by atoms with Crippen LogP contribution in [0, 0.1) is 0 Å². The Bertz CT molecular complexity index is 401. The van der Waals surface area contributed by atoms with Gasteiger partial charge in [0.05, 0.1) is 23.9 Å². The molecule has 7 heteroatoms. The van der Waals surface area contributed by atoms with Crippen LogP contribution < -0.4 is 5.32 Å². The summed E-state index contributed by atoms with van der Waals surface area (Å²) in [5.74, 6) is 2.78. The maximum absolute atomic E-state index is 10.5. The number of piperidine rings is 1. The Hall–Kier alpha value is 0.270. The minimum atomic E-state index is -0.612. The van der Waals surface area contributed by atoms with Crippen molar-refractivity contribution in [3.63, 3.8) is 0 Å². The number of halogens is 1. The molecule has 5 nitrogen and oxygen atoms in total. The summed E-state index contributed by atoms with van der Waals surface area (Å²) in [6.45, 7) is 11.7. The van der Waals surface area contributed by atoms with Crippen molar-refractivity contribution < 1.29 is 9.84 Å². The van der Waals surface area contributed by atoms with Crippen LogP contribution in [-0.4, -0.2) is 71.0 Å². The Morgan fingerprint density at radius 1 is 1.38 bits per heavy atom. The molecule has 1 atom stereocenters. The topological polar surface area (TPSA) is 57.1 Å². The standard InChI is InChI=1S/C17H33N3O2S.HI/c1-5-18-15(19-12-17(21)8-11-23-13-17)20-9-6-14(7-10-20)22-16(2,3)4;/h14,21H,5-13H2,1-4H3,(H,18,19);1H. The minimum Gasteiger partial charge on any atom is -0.387 e. The molecule has 2 N–H and O–H groups in total. The number of nitrogens with one attached hydrogen (secondary N) is 1. The van der Waals surface area contributed by atoms with Gasteiger partial charge < -0.3 is 20.1 Å². The Morgan fingerprint density at radius 3 is 2.54 bits per heavy atom. The zero-order valence-electron chi connectivity index (χ0n) is 15.5. The van der Waals surface area contributed by atoms with Gasteiger partial charge in [0.1, 0.15) is 0 Å². The molecule has 2 aliphatic heterocycles. The molecule has 2 fully saturated rings. The molecule has 0 spiro atoms. The van der Waals surface area contributed by atoms with Gasteiger partial charge >= 0.3 is 0 Å². The average molecular weight is 471 g/mol. The maximum Gasteiger partial charge on any atom is 0.194 e. The Labute approximate surface area is 168 Å². The van der Waals surface area contributed by atoms with Crippen LogP contribution in [0.25, 0.3) is 0 Å². The van der Waals surface area contributed by atoms with E-state index in [9.17, 15) is 5.11 Å². The van der Waals surface area contributed by atoms with Gasteiger partial charge in [0.25, 0.3) is 0 Å². The second-order valence-corrected chi connectivity index (χ2v) is 8.72. The zero-order chi connectivity index (χ0) is 16.9. The molecule has 2 saturated heterocycles. The lowest BCUT2D eigenvalue weighted by atomic mass is 10.0. The van der Waals surface area contributed by atoms with Crippen LogP contribution in [0.3, 0.4) is 0 Å². The molecule has 0 aromatic rings. The van der Waals surface area contributed by atoms with E-state index in [1.165, 1.54) is 0 Å². The van der Waals surface area contributed by atoms with Gasteiger partial charge in [0.2, 0.25) is 0 Å². The molecule has 0 radical (unpaired) electrons. The summed E-state index contributed by atoms with van der Waals surface area (Å²) in [6, 6.07) is 0. The molecule has 0 amide bonds. The van der Waals surface area contributed by atoms with Crippen LogP contribution >= 0.6 is 35.7 Å². The van der Waals surface area contributed by atoms with Gasteiger partial charge in [-0.25, -0.2) is 0 Å². The molecule has 0 aromatic heterocycles. The molecule has 142 valence electrons. The van der Waals surface area contributed by atoms with Gasteiger partial charge in [-0.2, -0.15) is 11.8 Å². The van der Waals surface area contributed by atoms with Crippen LogP contribution in [0.1, 0.15) is 47.0 Å². The largest absolute Gasteiger partial charge is 0.387 e. The summed E-state index contributed by atoms with van der Waals surface area (Å²) in [5.41, 5.74) is -0.687. The van der Waals surface area contributed by atoms with E-state index in [2.05, 4.69) is 37.9 Å². The highest BCUT2D eigenvalue weighted by molar-refractivity contribution is 14.0. The molecular formula is C17H34IN3O2S. The summed E-state index contributed by atoms with van der Waals surface area (Å²) < 4.78 is 6.09. The predicted octanol–water partition coefficient (Wildman–Crippen LogP) is 2.72. The molecule has 24 heavy (non-hydrogen) atoms. The average Bonchev–Trinajstić information content (AvgIpc) is 2.90. The molecule has 0 aromatic carbocycles. The van der Waals surface area contributed by atoms with E-state index in [-0.39, 0.29) is 29.6 Å². The van der Waals surface area contributed by atoms with E-state index in [1.54, 1.807) is 0 Å². The molecular weight excluding hydrogens is 437 g/mol. The number of thioether (sulfide) groups is 1. The first-order valence-electron chi connectivity index (χ1n) is 8.82. The molecule has 0 saturated carbocycles. The lowest BCUT2D eigenvalue weighted by molar-refractivity contribution is -0.0773. The van der Waals surface area contributed by atoms with Crippen LogP contribution in [-0.2, 0) is 4.74 Å². The van der Waals surface area contributed by atoms with Crippen LogP contribution in [0.5, 0.6) is 0 Å². The number of likely N-dealkylation sites (tertiary alicyclic amines) is 1. The fourth-order valence-electron chi connectivity index (χ4n) is 3.05. The molecule has 2 heterocycles. The summed E-state index contributed by atoms with van der Waals surface area (Å²) >= 11 is 1.82. The summed E-state index contributed by atoms with van der Waals surface area (Å²) in [4.78, 5) is 7.02. The number of hydrogen-bond donors (Lipinski definition) is 2. The highest BCUT2D eigenvalue weighted by Crippen LogP contribution is 2.28. The molecule has 0 bridgehead atoms. The second-order valence-electron chi connectivity index (χ2n) is 7.61. The monoisotopic (exact) mass is 471 g/mol. The number of ether oxygens (including phenoxy) is 1. The fourth-order valence-corrected chi connectivity index (χ4v) is 4.34. The van der Waals surface area contributed by atoms with Crippen molar-refractivity contribution in [2.24, 2.45) is 4.99 Å². The Balaban J connectivity index is 0.00000288. The Morgan fingerprint density at radius 2 is 2.04 bits per heavy atom. The third kappa shape index (κ3) is 7.25. The smallest absolute Gasteiger partial charge is 0.194 e. The molecule has 2 rings (SSSR count). The molecule has 1 unspecified atom stereocenters. The van der Waals surface area contributed by atoms with E-state index in [1.807, 2.05) is 11.8 Å².